The molecule has 0 amide bonds. The molecule has 1 aromatic rings. The molecule has 0 aliphatic heterocycles. The first-order valence-corrected chi connectivity index (χ1v) is 3.60. The number of aromatic nitrogens is 2. The molecule has 0 aliphatic carbocycles. The SMILES string of the molecule is CC(=O)C=Cc1c[nH]c(=O)[nH]c1=O. The van der Waals surface area contributed by atoms with E-state index in [1.54, 1.807) is 0 Å². The maximum atomic E-state index is 11.0. The standard InChI is InChI=1S/C8H8N2O3/c1-5(11)2-3-6-4-9-8(13)10-7(6)12/h2-4H,1H3,(H2,9,10,12,13). The van der Waals surface area contributed by atoms with Gasteiger partial charge in [-0.1, -0.05) is 0 Å². The molecular formula is C8H8N2O3. The third kappa shape index (κ3) is 2.55. The summed E-state index contributed by atoms with van der Waals surface area (Å²) in [5.41, 5.74) is -0.832. The van der Waals surface area contributed by atoms with Crippen molar-refractivity contribution in [2.24, 2.45) is 0 Å². The maximum absolute atomic E-state index is 11.0. The minimum atomic E-state index is -0.565. The van der Waals surface area contributed by atoms with Crippen molar-refractivity contribution in [3.05, 3.63) is 38.7 Å². The van der Waals surface area contributed by atoms with Gasteiger partial charge in [-0.3, -0.25) is 14.6 Å². The monoisotopic (exact) mass is 180 g/mol. The number of hydrogen-bond acceptors (Lipinski definition) is 3. The molecule has 0 spiro atoms. The molecule has 1 heterocycles. The molecule has 68 valence electrons. The number of H-pyrrole nitrogens is 2. The van der Waals surface area contributed by atoms with Crippen LogP contribution in [0.1, 0.15) is 12.5 Å². The molecule has 0 bridgehead atoms. The number of allylic oxidation sites excluding steroid dienone is 1. The molecule has 0 saturated heterocycles. The molecular weight excluding hydrogens is 172 g/mol. The lowest BCUT2D eigenvalue weighted by molar-refractivity contribution is -0.112. The first kappa shape index (κ1) is 9.18. The van der Waals surface area contributed by atoms with Gasteiger partial charge in [0.15, 0.2) is 5.78 Å². The van der Waals surface area contributed by atoms with Gasteiger partial charge in [-0.2, -0.15) is 0 Å². The Morgan fingerprint density at radius 2 is 2.15 bits per heavy atom. The minimum absolute atomic E-state index is 0.161. The van der Waals surface area contributed by atoms with Gasteiger partial charge in [-0.05, 0) is 19.1 Å². The number of rotatable bonds is 2. The van der Waals surface area contributed by atoms with Crippen molar-refractivity contribution in [3.8, 4) is 0 Å². The molecule has 2 N–H and O–H groups in total. The quantitative estimate of drug-likeness (QED) is 0.611. The summed E-state index contributed by atoms with van der Waals surface area (Å²) in [4.78, 5) is 36.4. The molecule has 1 aromatic heterocycles. The first-order chi connectivity index (χ1) is 6.09. The Labute approximate surface area is 73.1 Å². The molecule has 0 aliphatic rings. The van der Waals surface area contributed by atoms with Gasteiger partial charge in [-0.15, -0.1) is 0 Å². The fourth-order valence-electron chi connectivity index (χ4n) is 0.751. The fourth-order valence-corrected chi connectivity index (χ4v) is 0.751. The summed E-state index contributed by atoms with van der Waals surface area (Å²) in [6, 6.07) is 0. The predicted molar refractivity (Wildman–Crippen MR) is 47.4 cm³/mol. The smallest absolute Gasteiger partial charge is 0.314 e. The zero-order valence-corrected chi connectivity index (χ0v) is 6.96. The van der Waals surface area contributed by atoms with Crippen molar-refractivity contribution in [2.75, 3.05) is 0 Å². The second-order valence-corrected chi connectivity index (χ2v) is 2.47. The van der Waals surface area contributed by atoms with Gasteiger partial charge in [0.1, 0.15) is 0 Å². The summed E-state index contributed by atoms with van der Waals surface area (Å²) in [6.45, 7) is 1.37. The van der Waals surface area contributed by atoms with Crippen LogP contribution in [0.25, 0.3) is 6.08 Å². The van der Waals surface area contributed by atoms with Crippen LogP contribution >= 0.6 is 0 Å². The van der Waals surface area contributed by atoms with E-state index in [4.69, 9.17) is 0 Å². The molecule has 0 fully saturated rings. The summed E-state index contributed by atoms with van der Waals surface area (Å²) < 4.78 is 0. The Morgan fingerprint density at radius 3 is 2.69 bits per heavy atom. The average Bonchev–Trinajstić information content (AvgIpc) is 2.02. The Hall–Kier alpha value is -1.91. The van der Waals surface area contributed by atoms with E-state index in [0.717, 1.165) is 0 Å². The number of carbonyl (C=O) groups is 1. The van der Waals surface area contributed by atoms with Crippen LogP contribution in [0, 0.1) is 0 Å². The highest BCUT2D eigenvalue weighted by Gasteiger charge is 1.94. The Morgan fingerprint density at radius 1 is 1.46 bits per heavy atom. The zero-order valence-electron chi connectivity index (χ0n) is 6.96. The molecule has 5 heteroatoms. The number of nitrogens with one attached hydrogen (secondary N) is 2. The van der Waals surface area contributed by atoms with Crippen LogP contribution in [0.5, 0.6) is 0 Å². The van der Waals surface area contributed by atoms with Crippen LogP contribution in [0.3, 0.4) is 0 Å². The molecule has 0 atom stereocenters. The Kier molecular flexibility index (Phi) is 2.59. The number of ketones is 1. The summed E-state index contributed by atoms with van der Waals surface area (Å²) in [7, 11) is 0. The molecule has 0 saturated carbocycles. The Balaban J connectivity index is 3.11. The average molecular weight is 180 g/mol. The van der Waals surface area contributed by atoms with Crippen molar-refractivity contribution in [1.29, 1.82) is 0 Å². The van der Waals surface area contributed by atoms with Crippen LogP contribution in [-0.4, -0.2) is 15.8 Å². The molecule has 5 nitrogen and oxygen atoms in total. The maximum Gasteiger partial charge on any atom is 0.325 e. The van der Waals surface area contributed by atoms with E-state index in [1.807, 2.05) is 4.98 Å². The van der Waals surface area contributed by atoms with Crippen molar-refractivity contribution >= 4 is 11.9 Å². The van der Waals surface area contributed by atoms with Gasteiger partial charge in [0.25, 0.3) is 5.56 Å². The molecule has 13 heavy (non-hydrogen) atoms. The normalized spacial score (nSPS) is 10.5. The van der Waals surface area contributed by atoms with Gasteiger partial charge in [0.05, 0.1) is 5.56 Å². The molecule has 0 unspecified atom stereocenters. The van der Waals surface area contributed by atoms with Gasteiger partial charge < -0.3 is 4.98 Å². The van der Waals surface area contributed by atoms with Crippen LogP contribution in [0.2, 0.25) is 0 Å². The lowest BCUT2D eigenvalue weighted by Crippen LogP contribution is -2.22. The largest absolute Gasteiger partial charge is 0.325 e. The predicted octanol–water partition coefficient (Wildman–Crippen LogP) is -0.335. The van der Waals surface area contributed by atoms with Gasteiger partial charge in [0, 0.05) is 6.20 Å². The molecule has 0 radical (unpaired) electrons. The van der Waals surface area contributed by atoms with E-state index in [9.17, 15) is 14.4 Å². The first-order valence-electron chi connectivity index (χ1n) is 3.60. The fraction of sp³-hybridized carbons (Fsp3) is 0.125. The highest BCUT2D eigenvalue weighted by Crippen LogP contribution is 1.89. The molecule has 0 aromatic carbocycles. The van der Waals surface area contributed by atoms with Crippen molar-refractivity contribution < 1.29 is 4.79 Å². The lowest BCUT2D eigenvalue weighted by atomic mass is 10.3. The zero-order chi connectivity index (χ0) is 9.84. The Bertz CT molecular complexity index is 453. The number of hydrogen-bond donors (Lipinski definition) is 2. The van der Waals surface area contributed by atoms with E-state index in [0.29, 0.717) is 0 Å². The topological polar surface area (TPSA) is 82.8 Å². The second-order valence-electron chi connectivity index (χ2n) is 2.47. The number of aromatic amines is 2. The van der Waals surface area contributed by atoms with E-state index in [1.165, 1.54) is 25.3 Å². The van der Waals surface area contributed by atoms with Gasteiger partial charge in [-0.25, -0.2) is 4.79 Å². The van der Waals surface area contributed by atoms with E-state index >= 15 is 0 Å². The highest BCUT2D eigenvalue weighted by atomic mass is 16.2. The number of carbonyl (C=O) groups excluding carboxylic acids is 1. The van der Waals surface area contributed by atoms with E-state index in [2.05, 4.69) is 4.98 Å². The molecule has 1 rings (SSSR count). The van der Waals surface area contributed by atoms with E-state index < -0.39 is 11.2 Å². The third-order valence-corrected chi connectivity index (χ3v) is 1.35. The highest BCUT2D eigenvalue weighted by molar-refractivity contribution is 5.91. The van der Waals surface area contributed by atoms with Gasteiger partial charge in [0.2, 0.25) is 0 Å². The minimum Gasteiger partial charge on any atom is -0.314 e. The van der Waals surface area contributed by atoms with Crippen molar-refractivity contribution in [1.82, 2.24) is 9.97 Å². The van der Waals surface area contributed by atoms with Crippen LogP contribution < -0.4 is 11.2 Å². The summed E-state index contributed by atoms with van der Waals surface area (Å²) >= 11 is 0. The van der Waals surface area contributed by atoms with E-state index in [-0.39, 0.29) is 11.3 Å². The third-order valence-electron chi connectivity index (χ3n) is 1.35. The summed E-state index contributed by atoms with van der Waals surface area (Å²) in [5, 5.41) is 0. The van der Waals surface area contributed by atoms with Crippen LogP contribution in [0.15, 0.2) is 21.9 Å². The van der Waals surface area contributed by atoms with Crippen LogP contribution in [-0.2, 0) is 4.79 Å². The summed E-state index contributed by atoms with van der Waals surface area (Å²) in [5.74, 6) is -0.161. The van der Waals surface area contributed by atoms with Gasteiger partial charge >= 0.3 is 5.69 Å². The van der Waals surface area contributed by atoms with Crippen molar-refractivity contribution in [2.45, 2.75) is 6.92 Å². The van der Waals surface area contributed by atoms with Crippen LogP contribution in [0.4, 0.5) is 0 Å². The van der Waals surface area contributed by atoms with Crippen molar-refractivity contribution in [3.63, 3.8) is 0 Å². The second kappa shape index (κ2) is 3.66. The summed E-state index contributed by atoms with van der Waals surface area (Å²) in [6.07, 6.45) is 3.85. The lowest BCUT2D eigenvalue weighted by Gasteiger charge is -1.88.